The Balaban J connectivity index is 4.28. The molecule has 0 aromatic carbocycles. The van der Waals surface area contributed by atoms with Gasteiger partial charge in [0.25, 0.3) is 0 Å². The lowest BCUT2D eigenvalue weighted by Gasteiger charge is -2.18. The van der Waals surface area contributed by atoms with E-state index < -0.39 is 6.10 Å². The van der Waals surface area contributed by atoms with Crippen LogP contribution in [0.3, 0.4) is 0 Å². The summed E-state index contributed by atoms with van der Waals surface area (Å²) in [7, 11) is 0. The van der Waals surface area contributed by atoms with Gasteiger partial charge < -0.3 is 14.2 Å². The second-order valence-corrected chi connectivity index (χ2v) is 18.3. The lowest BCUT2D eigenvalue weighted by molar-refractivity contribution is -0.167. The van der Waals surface area contributed by atoms with Gasteiger partial charge in [0.1, 0.15) is 13.2 Å². The average Bonchev–Trinajstić information content (AvgIpc) is 3.16. The van der Waals surface area contributed by atoms with Gasteiger partial charge in [-0.1, -0.05) is 228 Å². The third kappa shape index (κ3) is 42.0. The van der Waals surface area contributed by atoms with Crippen molar-refractivity contribution in [3.8, 4) is 0 Å². The van der Waals surface area contributed by atoms with Crippen LogP contribution in [0.15, 0.2) is 0 Å². The van der Waals surface area contributed by atoms with Crippen LogP contribution in [0.4, 0.5) is 0 Å². The third-order valence-electron chi connectivity index (χ3n) is 11.5. The molecule has 0 bridgehead atoms. The van der Waals surface area contributed by atoms with Crippen LogP contribution in [0.1, 0.15) is 266 Å². The summed E-state index contributed by atoms with van der Waals surface area (Å²) in [6.07, 6.45) is 39.5. The Labute approximate surface area is 348 Å². The first-order chi connectivity index (χ1) is 27.1. The fourth-order valence-corrected chi connectivity index (χ4v) is 7.38. The molecule has 0 saturated heterocycles. The van der Waals surface area contributed by atoms with Crippen molar-refractivity contribution in [3.63, 3.8) is 0 Å². The maximum Gasteiger partial charge on any atom is 0.306 e. The molecule has 0 fully saturated rings. The molecule has 0 saturated carbocycles. The van der Waals surface area contributed by atoms with Gasteiger partial charge in [-0.2, -0.15) is 0 Å². The SMILES string of the molecule is CCC(C)CCCCCCCCC(=O)OC[C@@H](COC(=O)CCCCCCCCCCCCCCCCC(C)C)OC(=O)CCCCCCCCCCC(C)C. The highest BCUT2D eigenvalue weighted by molar-refractivity contribution is 5.71. The third-order valence-corrected chi connectivity index (χ3v) is 11.5. The zero-order valence-electron chi connectivity index (χ0n) is 38.4. The maximum absolute atomic E-state index is 12.7. The maximum atomic E-state index is 12.7. The van der Waals surface area contributed by atoms with Crippen LogP contribution in [0, 0.1) is 17.8 Å². The van der Waals surface area contributed by atoms with Gasteiger partial charge in [0, 0.05) is 19.3 Å². The molecule has 0 spiro atoms. The smallest absolute Gasteiger partial charge is 0.306 e. The first-order valence-corrected chi connectivity index (χ1v) is 24.6. The van der Waals surface area contributed by atoms with E-state index in [1.54, 1.807) is 0 Å². The Kier molecular flexibility index (Phi) is 40.4. The fourth-order valence-electron chi connectivity index (χ4n) is 7.38. The number of hydrogen-bond acceptors (Lipinski definition) is 6. The summed E-state index contributed by atoms with van der Waals surface area (Å²) in [5, 5.41) is 0. The molecule has 0 N–H and O–H groups in total. The number of esters is 3. The Hall–Kier alpha value is -1.59. The minimum absolute atomic E-state index is 0.0660. The first kappa shape index (κ1) is 54.4. The van der Waals surface area contributed by atoms with Crippen LogP contribution in [-0.4, -0.2) is 37.2 Å². The number of carbonyl (C=O) groups excluding carboxylic acids is 3. The highest BCUT2D eigenvalue weighted by Crippen LogP contribution is 2.18. The zero-order valence-corrected chi connectivity index (χ0v) is 38.4. The molecular weight excluding hydrogens is 697 g/mol. The zero-order chi connectivity index (χ0) is 41.3. The minimum atomic E-state index is -0.763. The standard InChI is InChI=1S/C50H96O6/c1-7-46(6)38-32-26-22-23-28-34-40-49(52)55-43-47(56-50(53)41-35-29-21-17-16-19-25-31-37-45(4)5)42-54-48(51)39-33-27-20-15-13-11-9-8-10-12-14-18-24-30-36-44(2)3/h44-47H,7-43H2,1-6H3/t46?,47-/m1/s1. The van der Waals surface area contributed by atoms with E-state index in [9.17, 15) is 14.4 Å². The Morgan fingerprint density at radius 2 is 0.625 bits per heavy atom. The van der Waals surface area contributed by atoms with Gasteiger partial charge >= 0.3 is 17.9 Å². The first-order valence-electron chi connectivity index (χ1n) is 24.6. The second kappa shape index (κ2) is 41.6. The second-order valence-electron chi connectivity index (χ2n) is 18.3. The van der Waals surface area contributed by atoms with E-state index in [1.165, 1.54) is 148 Å². The van der Waals surface area contributed by atoms with Crippen LogP contribution in [0.2, 0.25) is 0 Å². The number of unbranched alkanes of at least 4 members (excludes halogenated alkanes) is 25. The summed E-state index contributed by atoms with van der Waals surface area (Å²) in [6, 6.07) is 0. The minimum Gasteiger partial charge on any atom is -0.462 e. The quantitative estimate of drug-likeness (QED) is 0.0348. The van der Waals surface area contributed by atoms with E-state index in [0.717, 1.165) is 75.5 Å². The monoisotopic (exact) mass is 793 g/mol. The molecule has 6 heteroatoms. The summed E-state index contributed by atoms with van der Waals surface area (Å²) in [5.74, 6) is 1.59. The van der Waals surface area contributed by atoms with Gasteiger partial charge in [-0.05, 0) is 37.0 Å². The van der Waals surface area contributed by atoms with Gasteiger partial charge in [-0.25, -0.2) is 0 Å². The average molecular weight is 793 g/mol. The largest absolute Gasteiger partial charge is 0.462 e. The van der Waals surface area contributed by atoms with Crippen molar-refractivity contribution < 1.29 is 28.6 Å². The molecular formula is C50H96O6. The highest BCUT2D eigenvalue weighted by atomic mass is 16.6. The van der Waals surface area contributed by atoms with Gasteiger partial charge in [0.15, 0.2) is 6.10 Å². The molecule has 0 aliphatic heterocycles. The molecule has 0 aliphatic carbocycles. The summed E-state index contributed by atoms with van der Waals surface area (Å²) in [6.45, 7) is 13.7. The van der Waals surface area contributed by atoms with Crippen molar-refractivity contribution in [3.05, 3.63) is 0 Å². The number of carbonyl (C=O) groups is 3. The molecule has 0 radical (unpaired) electrons. The van der Waals surface area contributed by atoms with E-state index in [-0.39, 0.29) is 31.1 Å². The Morgan fingerprint density at radius 3 is 0.929 bits per heavy atom. The van der Waals surface area contributed by atoms with E-state index in [1.807, 2.05) is 0 Å². The van der Waals surface area contributed by atoms with Gasteiger partial charge in [0.05, 0.1) is 0 Å². The molecule has 1 unspecified atom stereocenters. The van der Waals surface area contributed by atoms with Gasteiger partial charge in [-0.15, -0.1) is 0 Å². The van der Waals surface area contributed by atoms with E-state index in [4.69, 9.17) is 14.2 Å². The van der Waals surface area contributed by atoms with Crippen molar-refractivity contribution in [1.29, 1.82) is 0 Å². The van der Waals surface area contributed by atoms with Gasteiger partial charge in [0.2, 0.25) is 0 Å². The van der Waals surface area contributed by atoms with Crippen molar-refractivity contribution >= 4 is 17.9 Å². The molecule has 0 aliphatic rings. The Morgan fingerprint density at radius 1 is 0.357 bits per heavy atom. The molecule has 6 nitrogen and oxygen atoms in total. The van der Waals surface area contributed by atoms with Crippen LogP contribution in [0.25, 0.3) is 0 Å². The van der Waals surface area contributed by atoms with E-state index in [2.05, 4.69) is 41.5 Å². The van der Waals surface area contributed by atoms with Crippen molar-refractivity contribution in [1.82, 2.24) is 0 Å². The van der Waals surface area contributed by atoms with E-state index >= 15 is 0 Å². The summed E-state index contributed by atoms with van der Waals surface area (Å²) >= 11 is 0. The lowest BCUT2D eigenvalue weighted by Crippen LogP contribution is -2.30. The number of ether oxygens (including phenoxy) is 3. The molecule has 332 valence electrons. The van der Waals surface area contributed by atoms with Crippen molar-refractivity contribution in [2.24, 2.45) is 17.8 Å². The normalized spacial score (nSPS) is 12.6. The Bertz CT molecular complexity index is 870. The van der Waals surface area contributed by atoms with E-state index in [0.29, 0.717) is 19.3 Å². The lowest BCUT2D eigenvalue weighted by atomic mass is 10.00. The van der Waals surface area contributed by atoms with Crippen molar-refractivity contribution in [2.45, 2.75) is 272 Å². The predicted molar refractivity (Wildman–Crippen MR) is 238 cm³/mol. The van der Waals surface area contributed by atoms with Crippen LogP contribution < -0.4 is 0 Å². The molecule has 2 atom stereocenters. The summed E-state index contributed by atoms with van der Waals surface area (Å²) < 4.78 is 16.8. The molecule has 56 heavy (non-hydrogen) atoms. The topological polar surface area (TPSA) is 78.9 Å². The fraction of sp³-hybridized carbons (Fsp3) is 0.940. The molecule has 0 amide bonds. The van der Waals surface area contributed by atoms with Crippen LogP contribution >= 0.6 is 0 Å². The van der Waals surface area contributed by atoms with Crippen molar-refractivity contribution in [2.75, 3.05) is 13.2 Å². The molecule has 0 rings (SSSR count). The van der Waals surface area contributed by atoms with Crippen LogP contribution in [-0.2, 0) is 28.6 Å². The van der Waals surface area contributed by atoms with Crippen LogP contribution in [0.5, 0.6) is 0 Å². The van der Waals surface area contributed by atoms with Gasteiger partial charge in [-0.3, -0.25) is 14.4 Å². The summed E-state index contributed by atoms with van der Waals surface area (Å²) in [5.41, 5.74) is 0. The summed E-state index contributed by atoms with van der Waals surface area (Å²) in [4.78, 5) is 37.8. The molecule has 0 heterocycles. The predicted octanol–water partition coefficient (Wildman–Crippen LogP) is 15.6. The molecule has 0 aromatic heterocycles. The number of hydrogen-bond donors (Lipinski definition) is 0. The number of rotatable bonds is 43. The highest BCUT2D eigenvalue weighted by Gasteiger charge is 2.19. The molecule has 0 aromatic rings.